The SMILES string of the molecule is CCCCCC(CCC)COC(=O)CCC(=O)OCC(CCC)CCCCC. The number of ether oxygens (including phenoxy) is 2. The lowest BCUT2D eigenvalue weighted by Gasteiger charge is -2.17. The molecular weight excluding hydrogens is 352 g/mol. The molecule has 0 heterocycles. The summed E-state index contributed by atoms with van der Waals surface area (Å²) >= 11 is 0. The molecule has 2 atom stereocenters. The first-order valence-electron chi connectivity index (χ1n) is 11.9. The predicted molar refractivity (Wildman–Crippen MR) is 116 cm³/mol. The second-order valence-corrected chi connectivity index (χ2v) is 8.17. The first-order valence-corrected chi connectivity index (χ1v) is 11.9. The minimum atomic E-state index is -0.276. The predicted octanol–water partition coefficient (Wildman–Crippen LogP) is 6.85. The summed E-state index contributed by atoms with van der Waals surface area (Å²) in [5.41, 5.74) is 0. The smallest absolute Gasteiger partial charge is 0.306 e. The molecule has 0 fully saturated rings. The zero-order chi connectivity index (χ0) is 21.0. The summed E-state index contributed by atoms with van der Waals surface area (Å²) in [6, 6.07) is 0. The lowest BCUT2D eigenvalue weighted by molar-refractivity contribution is -0.152. The van der Waals surface area contributed by atoms with Gasteiger partial charge in [-0.25, -0.2) is 0 Å². The first kappa shape index (κ1) is 26.9. The average molecular weight is 399 g/mol. The molecule has 0 rings (SSSR count). The molecule has 0 saturated carbocycles. The highest BCUT2D eigenvalue weighted by molar-refractivity contribution is 5.77. The molecule has 0 spiro atoms. The lowest BCUT2D eigenvalue weighted by Crippen LogP contribution is -2.17. The van der Waals surface area contributed by atoms with Crippen molar-refractivity contribution in [2.75, 3.05) is 13.2 Å². The zero-order valence-electron chi connectivity index (χ0n) is 19.1. The van der Waals surface area contributed by atoms with Crippen LogP contribution in [0, 0.1) is 11.8 Å². The van der Waals surface area contributed by atoms with Crippen LogP contribution < -0.4 is 0 Å². The quantitative estimate of drug-likeness (QED) is 0.176. The topological polar surface area (TPSA) is 52.6 Å². The standard InChI is InChI=1S/C24H46O4/c1-5-9-11-15-21(13-7-3)19-27-23(25)17-18-24(26)28-20-22(14-8-4)16-12-10-6-2/h21-22H,5-20H2,1-4H3. The molecule has 4 heteroatoms. The van der Waals surface area contributed by atoms with E-state index >= 15 is 0 Å². The third-order valence-corrected chi connectivity index (χ3v) is 5.32. The van der Waals surface area contributed by atoms with E-state index in [0.29, 0.717) is 25.0 Å². The molecule has 0 radical (unpaired) electrons. The molecule has 28 heavy (non-hydrogen) atoms. The maximum atomic E-state index is 12.0. The van der Waals surface area contributed by atoms with Gasteiger partial charge in [0.05, 0.1) is 26.1 Å². The van der Waals surface area contributed by atoms with E-state index in [4.69, 9.17) is 9.47 Å². The Morgan fingerprint density at radius 1 is 0.571 bits per heavy atom. The van der Waals surface area contributed by atoms with Gasteiger partial charge in [-0.2, -0.15) is 0 Å². The molecule has 0 amide bonds. The minimum Gasteiger partial charge on any atom is -0.465 e. The Kier molecular flexibility index (Phi) is 18.5. The monoisotopic (exact) mass is 398 g/mol. The van der Waals surface area contributed by atoms with E-state index in [-0.39, 0.29) is 24.8 Å². The van der Waals surface area contributed by atoms with Crippen molar-refractivity contribution in [2.24, 2.45) is 11.8 Å². The van der Waals surface area contributed by atoms with Crippen molar-refractivity contribution in [1.29, 1.82) is 0 Å². The van der Waals surface area contributed by atoms with Crippen LogP contribution in [0.3, 0.4) is 0 Å². The van der Waals surface area contributed by atoms with E-state index < -0.39 is 0 Å². The number of carbonyl (C=O) groups is 2. The summed E-state index contributed by atoms with van der Waals surface area (Å²) in [5.74, 6) is 0.346. The van der Waals surface area contributed by atoms with Gasteiger partial charge < -0.3 is 9.47 Å². The van der Waals surface area contributed by atoms with Gasteiger partial charge in [0.15, 0.2) is 0 Å². The Morgan fingerprint density at radius 3 is 1.29 bits per heavy atom. The van der Waals surface area contributed by atoms with Crippen LogP contribution in [0.25, 0.3) is 0 Å². The zero-order valence-corrected chi connectivity index (χ0v) is 19.1. The highest BCUT2D eigenvalue weighted by Crippen LogP contribution is 2.18. The average Bonchev–Trinajstić information content (AvgIpc) is 2.68. The summed E-state index contributed by atoms with van der Waals surface area (Å²) in [7, 11) is 0. The van der Waals surface area contributed by atoms with E-state index in [1.807, 2.05) is 0 Å². The third-order valence-electron chi connectivity index (χ3n) is 5.32. The molecule has 0 aliphatic rings. The molecule has 0 aromatic carbocycles. The highest BCUT2D eigenvalue weighted by Gasteiger charge is 2.15. The van der Waals surface area contributed by atoms with Crippen LogP contribution in [0.5, 0.6) is 0 Å². The van der Waals surface area contributed by atoms with Crippen molar-refractivity contribution < 1.29 is 19.1 Å². The second kappa shape index (κ2) is 19.3. The van der Waals surface area contributed by atoms with E-state index in [2.05, 4.69) is 27.7 Å². The Balaban J connectivity index is 4.02. The maximum Gasteiger partial charge on any atom is 0.306 e. The fraction of sp³-hybridized carbons (Fsp3) is 0.917. The number of carbonyl (C=O) groups excluding carboxylic acids is 2. The van der Waals surface area contributed by atoms with Crippen molar-refractivity contribution in [3.05, 3.63) is 0 Å². The third kappa shape index (κ3) is 15.9. The Hall–Kier alpha value is -1.06. The summed E-state index contributed by atoms with van der Waals surface area (Å²) in [4.78, 5) is 23.9. The summed E-state index contributed by atoms with van der Waals surface area (Å²) in [6.07, 6.45) is 14.2. The summed E-state index contributed by atoms with van der Waals surface area (Å²) in [5, 5.41) is 0. The van der Waals surface area contributed by atoms with Crippen LogP contribution in [-0.2, 0) is 19.1 Å². The summed E-state index contributed by atoms with van der Waals surface area (Å²) < 4.78 is 10.8. The molecule has 4 nitrogen and oxygen atoms in total. The molecule has 0 aliphatic heterocycles. The first-order chi connectivity index (χ1) is 13.6. The fourth-order valence-electron chi connectivity index (χ4n) is 3.57. The van der Waals surface area contributed by atoms with Crippen LogP contribution in [0.2, 0.25) is 0 Å². The maximum absolute atomic E-state index is 12.0. The number of hydrogen-bond donors (Lipinski definition) is 0. The number of rotatable bonds is 19. The number of esters is 2. The van der Waals surface area contributed by atoms with Gasteiger partial charge in [-0.15, -0.1) is 0 Å². The number of unbranched alkanes of at least 4 members (excludes halogenated alkanes) is 4. The van der Waals surface area contributed by atoms with Crippen molar-refractivity contribution >= 4 is 11.9 Å². The fourth-order valence-corrected chi connectivity index (χ4v) is 3.57. The van der Waals surface area contributed by atoms with E-state index in [1.165, 1.54) is 38.5 Å². The van der Waals surface area contributed by atoms with E-state index in [0.717, 1.165) is 38.5 Å². The molecule has 0 bridgehead atoms. The molecule has 2 unspecified atom stereocenters. The van der Waals surface area contributed by atoms with Gasteiger partial charge in [-0.1, -0.05) is 79.1 Å². The van der Waals surface area contributed by atoms with Crippen molar-refractivity contribution in [2.45, 2.75) is 118 Å². The van der Waals surface area contributed by atoms with Crippen molar-refractivity contribution in [1.82, 2.24) is 0 Å². The van der Waals surface area contributed by atoms with Crippen molar-refractivity contribution in [3.63, 3.8) is 0 Å². The number of hydrogen-bond acceptors (Lipinski definition) is 4. The van der Waals surface area contributed by atoms with Gasteiger partial charge >= 0.3 is 11.9 Å². The van der Waals surface area contributed by atoms with Crippen LogP contribution in [0.4, 0.5) is 0 Å². The van der Waals surface area contributed by atoms with E-state index in [1.54, 1.807) is 0 Å². The Bertz CT molecular complexity index is 345. The van der Waals surface area contributed by atoms with E-state index in [9.17, 15) is 9.59 Å². The second-order valence-electron chi connectivity index (χ2n) is 8.17. The van der Waals surface area contributed by atoms with Crippen LogP contribution in [0.1, 0.15) is 118 Å². The van der Waals surface area contributed by atoms with Gasteiger partial charge in [0.2, 0.25) is 0 Å². The van der Waals surface area contributed by atoms with Gasteiger partial charge in [-0.05, 0) is 37.5 Å². The molecule has 0 saturated heterocycles. The van der Waals surface area contributed by atoms with Gasteiger partial charge in [0.25, 0.3) is 0 Å². The largest absolute Gasteiger partial charge is 0.465 e. The minimum absolute atomic E-state index is 0.126. The van der Waals surface area contributed by atoms with Gasteiger partial charge in [0.1, 0.15) is 0 Å². The molecule has 0 N–H and O–H groups in total. The Morgan fingerprint density at radius 2 is 0.964 bits per heavy atom. The van der Waals surface area contributed by atoms with Crippen molar-refractivity contribution in [3.8, 4) is 0 Å². The highest BCUT2D eigenvalue weighted by atomic mass is 16.5. The van der Waals surface area contributed by atoms with Gasteiger partial charge in [-0.3, -0.25) is 9.59 Å². The molecule has 0 aliphatic carbocycles. The van der Waals surface area contributed by atoms with Gasteiger partial charge in [0, 0.05) is 0 Å². The normalized spacial score (nSPS) is 13.1. The molecular formula is C24H46O4. The van der Waals surface area contributed by atoms with Crippen LogP contribution in [-0.4, -0.2) is 25.2 Å². The van der Waals surface area contributed by atoms with Crippen LogP contribution >= 0.6 is 0 Å². The van der Waals surface area contributed by atoms with Crippen LogP contribution in [0.15, 0.2) is 0 Å². The lowest BCUT2D eigenvalue weighted by atomic mass is 9.97. The Labute approximate surface area is 174 Å². The summed E-state index contributed by atoms with van der Waals surface area (Å²) in [6.45, 7) is 9.70. The molecule has 166 valence electrons. The molecule has 0 aromatic heterocycles. The molecule has 0 aromatic rings.